The Labute approximate surface area is 114 Å². The van der Waals surface area contributed by atoms with Gasteiger partial charge in [-0.3, -0.25) is 4.79 Å². The van der Waals surface area contributed by atoms with Crippen LogP contribution in [0.15, 0.2) is 24.3 Å². The predicted molar refractivity (Wildman–Crippen MR) is 76.5 cm³/mol. The van der Waals surface area contributed by atoms with Crippen molar-refractivity contribution in [2.24, 2.45) is 0 Å². The Kier molecular flexibility index (Phi) is 4.43. The minimum atomic E-state index is 0.0880. The molecule has 2 unspecified atom stereocenters. The Bertz CT molecular complexity index is 420. The van der Waals surface area contributed by atoms with E-state index >= 15 is 0 Å². The van der Waals surface area contributed by atoms with E-state index in [1.165, 1.54) is 0 Å². The Morgan fingerprint density at radius 2 is 1.84 bits per heavy atom. The maximum Gasteiger partial charge on any atom is 0.254 e. The number of benzene rings is 1. The minimum Gasteiger partial charge on any atom is -0.385 e. The third-order valence-corrected chi connectivity index (χ3v) is 3.22. The highest BCUT2D eigenvalue weighted by molar-refractivity contribution is 5.94. The van der Waals surface area contributed by atoms with Crippen molar-refractivity contribution in [3.8, 4) is 0 Å². The van der Waals surface area contributed by atoms with Gasteiger partial charge in [-0.2, -0.15) is 0 Å². The quantitative estimate of drug-likeness (QED) is 0.909. The van der Waals surface area contributed by atoms with Gasteiger partial charge in [-0.1, -0.05) is 0 Å². The first kappa shape index (κ1) is 13.9. The van der Waals surface area contributed by atoms with Gasteiger partial charge in [0.05, 0.1) is 12.2 Å². The normalized spacial score (nSPS) is 23.2. The number of anilines is 1. The van der Waals surface area contributed by atoms with Crippen molar-refractivity contribution < 1.29 is 9.53 Å². The Hall–Kier alpha value is -1.55. The van der Waals surface area contributed by atoms with Gasteiger partial charge in [0.2, 0.25) is 0 Å². The highest BCUT2D eigenvalue weighted by Crippen LogP contribution is 2.16. The zero-order valence-corrected chi connectivity index (χ0v) is 11.8. The molecule has 2 atom stereocenters. The molecule has 0 radical (unpaired) electrons. The molecular weight excluding hydrogens is 240 g/mol. The van der Waals surface area contributed by atoms with E-state index in [2.05, 4.69) is 12.2 Å². The summed E-state index contributed by atoms with van der Waals surface area (Å²) in [5, 5.41) is 3.22. The number of carbonyl (C=O) groups is 1. The average molecular weight is 262 g/mol. The molecule has 19 heavy (non-hydrogen) atoms. The van der Waals surface area contributed by atoms with Crippen molar-refractivity contribution >= 4 is 11.6 Å². The number of rotatable bonds is 3. The second-order valence-corrected chi connectivity index (χ2v) is 5.08. The lowest BCUT2D eigenvalue weighted by Gasteiger charge is -2.35. The summed E-state index contributed by atoms with van der Waals surface area (Å²) in [7, 11) is 0. The zero-order chi connectivity index (χ0) is 13.8. The standard InChI is InChI=1S/C15H22N2O2/c1-4-16-14-7-5-13(6-8-14)15(18)17-9-11(2)19-12(3)10-17/h5-8,11-12,16H,4,9-10H2,1-3H3. The van der Waals surface area contributed by atoms with E-state index in [0.717, 1.165) is 17.8 Å². The molecule has 0 aliphatic carbocycles. The molecule has 4 heteroatoms. The van der Waals surface area contributed by atoms with Gasteiger partial charge in [-0.15, -0.1) is 0 Å². The van der Waals surface area contributed by atoms with E-state index in [4.69, 9.17) is 4.74 Å². The molecule has 1 saturated heterocycles. The minimum absolute atomic E-state index is 0.0880. The van der Waals surface area contributed by atoms with Gasteiger partial charge in [-0.25, -0.2) is 0 Å². The summed E-state index contributed by atoms with van der Waals surface area (Å²) in [4.78, 5) is 14.3. The van der Waals surface area contributed by atoms with Crippen LogP contribution in [0, 0.1) is 0 Å². The molecule has 1 fully saturated rings. The smallest absolute Gasteiger partial charge is 0.254 e. The van der Waals surface area contributed by atoms with Gasteiger partial charge in [0, 0.05) is 30.9 Å². The first-order chi connectivity index (χ1) is 9.10. The van der Waals surface area contributed by atoms with Crippen LogP contribution in [0.25, 0.3) is 0 Å². The third-order valence-electron chi connectivity index (χ3n) is 3.22. The van der Waals surface area contributed by atoms with Crippen LogP contribution in [0.1, 0.15) is 31.1 Å². The van der Waals surface area contributed by atoms with E-state index in [1.54, 1.807) is 0 Å². The summed E-state index contributed by atoms with van der Waals surface area (Å²) in [6, 6.07) is 7.66. The van der Waals surface area contributed by atoms with Crippen LogP contribution < -0.4 is 5.32 Å². The third kappa shape index (κ3) is 3.47. The van der Waals surface area contributed by atoms with Crippen LogP contribution in [0.4, 0.5) is 5.69 Å². The Balaban J connectivity index is 2.06. The summed E-state index contributed by atoms with van der Waals surface area (Å²) in [6.07, 6.45) is 0.211. The number of hydrogen-bond acceptors (Lipinski definition) is 3. The molecular formula is C15H22N2O2. The molecule has 1 N–H and O–H groups in total. The van der Waals surface area contributed by atoms with E-state index in [-0.39, 0.29) is 18.1 Å². The van der Waals surface area contributed by atoms with Crippen molar-refractivity contribution in [2.75, 3.05) is 25.0 Å². The Morgan fingerprint density at radius 3 is 2.37 bits per heavy atom. The molecule has 0 aromatic heterocycles. The summed E-state index contributed by atoms with van der Waals surface area (Å²) >= 11 is 0. The number of nitrogens with zero attached hydrogens (tertiary/aromatic N) is 1. The van der Waals surface area contributed by atoms with Crippen molar-refractivity contribution in [1.29, 1.82) is 0 Å². The van der Waals surface area contributed by atoms with Crippen molar-refractivity contribution in [3.05, 3.63) is 29.8 Å². The molecule has 1 amide bonds. The molecule has 0 spiro atoms. The number of ether oxygens (including phenoxy) is 1. The fourth-order valence-corrected chi connectivity index (χ4v) is 2.46. The molecule has 1 aliphatic rings. The lowest BCUT2D eigenvalue weighted by molar-refractivity contribution is -0.0586. The lowest BCUT2D eigenvalue weighted by Crippen LogP contribution is -2.48. The van der Waals surface area contributed by atoms with Gasteiger partial charge >= 0.3 is 0 Å². The van der Waals surface area contributed by atoms with E-state index in [0.29, 0.717) is 13.1 Å². The van der Waals surface area contributed by atoms with Crippen LogP contribution in [0.3, 0.4) is 0 Å². The average Bonchev–Trinajstić information content (AvgIpc) is 2.38. The Morgan fingerprint density at radius 1 is 1.26 bits per heavy atom. The molecule has 0 bridgehead atoms. The summed E-state index contributed by atoms with van der Waals surface area (Å²) < 4.78 is 5.65. The summed E-state index contributed by atoms with van der Waals surface area (Å²) in [5.41, 5.74) is 1.78. The van der Waals surface area contributed by atoms with Gasteiger partial charge in [0.25, 0.3) is 5.91 Å². The maximum absolute atomic E-state index is 12.4. The van der Waals surface area contributed by atoms with Crippen molar-refractivity contribution in [1.82, 2.24) is 4.90 Å². The highest BCUT2D eigenvalue weighted by atomic mass is 16.5. The maximum atomic E-state index is 12.4. The van der Waals surface area contributed by atoms with Crippen molar-refractivity contribution in [2.45, 2.75) is 33.0 Å². The molecule has 1 aromatic carbocycles. The zero-order valence-electron chi connectivity index (χ0n) is 11.8. The number of morpholine rings is 1. The largest absolute Gasteiger partial charge is 0.385 e. The van der Waals surface area contributed by atoms with Gasteiger partial charge < -0.3 is 15.0 Å². The first-order valence-electron chi connectivity index (χ1n) is 6.88. The van der Waals surface area contributed by atoms with Crippen LogP contribution in [-0.2, 0) is 4.74 Å². The summed E-state index contributed by atoms with van der Waals surface area (Å²) in [5.74, 6) is 0.0880. The van der Waals surface area contributed by atoms with E-state index < -0.39 is 0 Å². The van der Waals surface area contributed by atoms with Gasteiger partial charge in [-0.05, 0) is 45.0 Å². The van der Waals surface area contributed by atoms with Crippen LogP contribution in [-0.4, -0.2) is 42.6 Å². The molecule has 1 aromatic rings. The SMILES string of the molecule is CCNc1ccc(C(=O)N2CC(C)OC(C)C2)cc1. The van der Waals surface area contributed by atoms with E-state index in [9.17, 15) is 4.79 Å². The molecule has 1 heterocycles. The van der Waals surface area contributed by atoms with Gasteiger partial charge in [0.15, 0.2) is 0 Å². The number of amides is 1. The fraction of sp³-hybridized carbons (Fsp3) is 0.533. The fourth-order valence-electron chi connectivity index (χ4n) is 2.46. The number of carbonyl (C=O) groups excluding carboxylic acids is 1. The van der Waals surface area contributed by atoms with E-state index in [1.807, 2.05) is 43.0 Å². The highest BCUT2D eigenvalue weighted by Gasteiger charge is 2.26. The topological polar surface area (TPSA) is 41.6 Å². The lowest BCUT2D eigenvalue weighted by atomic mass is 10.1. The molecule has 4 nitrogen and oxygen atoms in total. The predicted octanol–water partition coefficient (Wildman–Crippen LogP) is 2.37. The first-order valence-corrected chi connectivity index (χ1v) is 6.88. The number of hydrogen-bond donors (Lipinski definition) is 1. The number of nitrogens with one attached hydrogen (secondary N) is 1. The van der Waals surface area contributed by atoms with Gasteiger partial charge in [0.1, 0.15) is 0 Å². The monoisotopic (exact) mass is 262 g/mol. The second-order valence-electron chi connectivity index (χ2n) is 5.08. The van der Waals surface area contributed by atoms with Crippen LogP contribution >= 0.6 is 0 Å². The molecule has 0 saturated carbocycles. The van der Waals surface area contributed by atoms with Crippen molar-refractivity contribution in [3.63, 3.8) is 0 Å². The van der Waals surface area contributed by atoms with Crippen LogP contribution in [0.5, 0.6) is 0 Å². The molecule has 1 aliphatic heterocycles. The molecule has 104 valence electrons. The molecule has 2 rings (SSSR count). The summed E-state index contributed by atoms with van der Waals surface area (Å²) in [6.45, 7) is 8.27. The van der Waals surface area contributed by atoms with Crippen LogP contribution in [0.2, 0.25) is 0 Å². The second kappa shape index (κ2) is 6.06.